The molecule has 2 N–H and O–H groups in total. The fraction of sp³-hybridized carbons (Fsp3) is 0.455. The second kappa shape index (κ2) is 6.73. The first kappa shape index (κ1) is 15.7. The smallest absolute Gasteiger partial charge is 0.243 e. The highest BCUT2D eigenvalue weighted by atomic mass is 35.5. The number of aliphatic hydroxyl groups excluding tert-OH is 1. The molecule has 1 atom stereocenters. The number of hydrogen-bond donors (Lipinski definition) is 2. The van der Waals surface area contributed by atoms with Crippen molar-refractivity contribution in [2.75, 3.05) is 6.54 Å². The van der Waals surface area contributed by atoms with Gasteiger partial charge in [0.25, 0.3) is 0 Å². The molecule has 7 heteroatoms. The number of nitrogens with one attached hydrogen (secondary N) is 1. The van der Waals surface area contributed by atoms with Gasteiger partial charge in [-0.25, -0.2) is 13.1 Å². The van der Waals surface area contributed by atoms with Gasteiger partial charge < -0.3 is 5.11 Å². The Morgan fingerprint density at radius 2 is 1.89 bits per heavy atom. The highest BCUT2D eigenvalue weighted by Crippen LogP contribution is 2.28. The Hall–Kier alpha value is -0.330. The van der Waals surface area contributed by atoms with Gasteiger partial charge in [0.15, 0.2) is 0 Å². The van der Waals surface area contributed by atoms with E-state index in [-0.39, 0.29) is 21.5 Å². The Labute approximate surface area is 117 Å². The van der Waals surface area contributed by atoms with E-state index < -0.39 is 16.1 Å². The van der Waals surface area contributed by atoms with Crippen LogP contribution in [0.1, 0.15) is 19.8 Å². The molecular weight excluding hydrogens is 297 g/mol. The summed E-state index contributed by atoms with van der Waals surface area (Å²) in [7, 11) is -3.75. The van der Waals surface area contributed by atoms with E-state index in [9.17, 15) is 13.5 Å². The Balaban J connectivity index is 2.81. The first-order chi connectivity index (χ1) is 8.38. The van der Waals surface area contributed by atoms with Gasteiger partial charge in [0, 0.05) is 6.54 Å². The SMILES string of the molecule is CCC(O)CCNS(=O)(=O)c1c(Cl)cccc1Cl. The molecule has 0 heterocycles. The van der Waals surface area contributed by atoms with Crippen LogP contribution in [0.4, 0.5) is 0 Å². The normalized spacial score (nSPS) is 13.6. The Morgan fingerprint density at radius 3 is 2.39 bits per heavy atom. The van der Waals surface area contributed by atoms with Gasteiger partial charge in [0.1, 0.15) is 4.90 Å². The molecule has 0 fully saturated rings. The van der Waals surface area contributed by atoms with E-state index in [1.165, 1.54) is 12.1 Å². The highest BCUT2D eigenvalue weighted by molar-refractivity contribution is 7.89. The van der Waals surface area contributed by atoms with E-state index in [0.717, 1.165) is 0 Å². The van der Waals surface area contributed by atoms with E-state index in [1.54, 1.807) is 6.07 Å². The lowest BCUT2D eigenvalue weighted by molar-refractivity contribution is 0.162. The highest BCUT2D eigenvalue weighted by Gasteiger charge is 2.21. The molecule has 0 aliphatic rings. The van der Waals surface area contributed by atoms with E-state index in [2.05, 4.69) is 4.72 Å². The zero-order chi connectivity index (χ0) is 13.8. The third kappa shape index (κ3) is 4.10. The Bertz CT molecular complexity index is 485. The van der Waals surface area contributed by atoms with Crippen LogP contribution in [0.15, 0.2) is 23.1 Å². The molecule has 0 amide bonds. The van der Waals surface area contributed by atoms with E-state index in [4.69, 9.17) is 23.2 Å². The van der Waals surface area contributed by atoms with Gasteiger partial charge in [-0.15, -0.1) is 0 Å². The predicted octanol–water partition coefficient (Wildman–Crippen LogP) is 2.43. The van der Waals surface area contributed by atoms with Crippen LogP contribution in [0.5, 0.6) is 0 Å². The second-order valence-electron chi connectivity index (χ2n) is 3.80. The fourth-order valence-corrected chi connectivity index (χ4v) is 3.56. The quantitative estimate of drug-likeness (QED) is 0.848. The summed E-state index contributed by atoms with van der Waals surface area (Å²) in [5, 5.41) is 9.50. The van der Waals surface area contributed by atoms with Gasteiger partial charge in [-0.2, -0.15) is 0 Å². The first-order valence-corrected chi connectivity index (χ1v) is 7.74. The van der Waals surface area contributed by atoms with Crippen LogP contribution in [-0.4, -0.2) is 26.2 Å². The van der Waals surface area contributed by atoms with Crippen LogP contribution in [0.2, 0.25) is 10.0 Å². The van der Waals surface area contributed by atoms with Crippen molar-refractivity contribution in [3.63, 3.8) is 0 Å². The van der Waals surface area contributed by atoms with Gasteiger partial charge in [0.05, 0.1) is 16.1 Å². The molecule has 1 aromatic rings. The molecule has 0 aromatic heterocycles. The lowest BCUT2D eigenvalue weighted by atomic mass is 10.2. The van der Waals surface area contributed by atoms with Crippen molar-refractivity contribution in [3.8, 4) is 0 Å². The van der Waals surface area contributed by atoms with Crippen molar-refractivity contribution in [2.45, 2.75) is 30.8 Å². The van der Waals surface area contributed by atoms with E-state index in [1.807, 2.05) is 6.92 Å². The summed E-state index contributed by atoms with van der Waals surface area (Å²) < 4.78 is 26.3. The average molecular weight is 312 g/mol. The number of benzene rings is 1. The maximum Gasteiger partial charge on any atom is 0.243 e. The number of sulfonamides is 1. The minimum absolute atomic E-state index is 0.0750. The number of halogens is 2. The zero-order valence-electron chi connectivity index (χ0n) is 9.86. The predicted molar refractivity (Wildman–Crippen MR) is 72.6 cm³/mol. The molecule has 4 nitrogen and oxygen atoms in total. The van der Waals surface area contributed by atoms with E-state index >= 15 is 0 Å². The summed E-state index contributed by atoms with van der Waals surface area (Å²) in [5.41, 5.74) is 0. The maximum atomic E-state index is 12.0. The van der Waals surface area contributed by atoms with Gasteiger partial charge in [-0.3, -0.25) is 0 Å². The molecule has 18 heavy (non-hydrogen) atoms. The van der Waals surface area contributed by atoms with Gasteiger partial charge in [0.2, 0.25) is 10.0 Å². The fourth-order valence-electron chi connectivity index (χ4n) is 1.38. The van der Waals surface area contributed by atoms with Crippen LogP contribution >= 0.6 is 23.2 Å². The molecule has 0 bridgehead atoms. The molecule has 0 aliphatic heterocycles. The third-order valence-corrected chi connectivity index (χ3v) is 4.84. The summed E-state index contributed by atoms with van der Waals surface area (Å²) in [6.45, 7) is 1.96. The lowest BCUT2D eigenvalue weighted by Crippen LogP contribution is -2.27. The molecule has 1 unspecified atom stereocenters. The molecule has 0 saturated carbocycles. The number of rotatable bonds is 6. The molecule has 0 spiro atoms. The summed E-state index contributed by atoms with van der Waals surface area (Å²) in [6.07, 6.45) is 0.404. The van der Waals surface area contributed by atoms with Gasteiger partial charge in [-0.05, 0) is 25.0 Å². The summed E-state index contributed by atoms with van der Waals surface area (Å²) in [4.78, 5) is -0.126. The van der Waals surface area contributed by atoms with Crippen molar-refractivity contribution in [3.05, 3.63) is 28.2 Å². The molecular formula is C11H15Cl2NO3S. The zero-order valence-corrected chi connectivity index (χ0v) is 12.2. The molecule has 1 aromatic carbocycles. The van der Waals surface area contributed by atoms with Crippen LogP contribution in [0, 0.1) is 0 Å². The molecule has 102 valence electrons. The number of aliphatic hydroxyl groups is 1. The second-order valence-corrected chi connectivity index (χ2v) is 6.32. The summed E-state index contributed by atoms with van der Waals surface area (Å²) in [6, 6.07) is 4.50. The first-order valence-electron chi connectivity index (χ1n) is 5.50. The average Bonchev–Trinajstić information content (AvgIpc) is 2.27. The summed E-state index contributed by atoms with van der Waals surface area (Å²) in [5.74, 6) is 0. The lowest BCUT2D eigenvalue weighted by Gasteiger charge is -2.11. The number of hydrogen-bond acceptors (Lipinski definition) is 3. The topological polar surface area (TPSA) is 66.4 Å². The van der Waals surface area contributed by atoms with Crippen molar-refractivity contribution in [1.29, 1.82) is 0 Å². The van der Waals surface area contributed by atoms with Crippen molar-refractivity contribution >= 4 is 33.2 Å². The molecule has 1 rings (SSSR count). The van der Waals surface area contributed by atoms with Crippen LogP contribution in [-0.2, 0) is 10.0 Å². The van der Waals surface area contributed by atoms with Crippen molar-refractivity contribution in [2.24, 2.45) is 0 Å². The standard InChI is InChI=1S/C11H15Cl2NO3S/c1-2-8(15)6-7-14-18(16,17)11-9(12)4-3-5-10(11)13/h3-5,8,14-15H,2,6-7H2,1H3. The Morgan fingerprint density at radius 1 is 1.33 bits per heavy atom. The molecule has 0 radical (unpaired) electrons. The summed E-state index contributed by atoms with van der Waals surface area (Å²) >= 11 is 11.7. The van der Waals surface area contributed by atoms with Crippen LogP contribution in [0.3, 0.4) is 0 Å². The largest absolute Gasteiger partial charge is 0.393 e. The third-order valence-electron chi connectivity index (χ3n) is 2.43. The molecule has 0 saturated heterocycles. The van der Waals surface area contributed by atoms with Crippen molar-refractivity contribution < 1.29 is 13.5 Å². The molecule has 0 aliphatic carbocycles. The van der Waals surface area contributed by atoms with E-state index in [0.29, 0.717) is 12.8 Å². The monoisotopic (exact) mass is 311 g/mol. The minimum atomic E-state index is -3.75. The maximum absolute atomic E-state index is 12.0. The van der Waals surface area contributed by atoms with Crippen LogP contribution < -0.4 is 4.72 Å². The minimum Gasteiger partial charge on any atom is -0.393 e. The van der Waals surface area contributed by atoms with Crippen LogP contribution in [0.25, 0.3) is 0 Å². The Kier molecular flexibility index (Phi) is 5.88. The van der Waals surface area contributed by atoms with Crippen molar-refractivity contribution in [1.82, 2.24) is 4.72 Å². The van der Waals surface area contributed by atoms with Gasteiger partial charge >= 0.3 is 0 Å². The van der Waals surface area contributed by atoms with Gasteiger partial charge in [-0.1, -0.05) is 36.2 Å².